The van der Waals surface area contributed by atoms with E-state index in [0.717, 1.165) is 45.7 Å². The van der Waals surface area contributed by atoms with Crippen LogP contribution in [-0.2, 0) is 16.1 Å². The average Bonchev–Trinajstić information content (AvgIpc) is 2.92. The summed E-state index contributed by atoms with van der Waals surface area (Å²) < 4.78 is 18.1. The quantitative estimate of drug-likeness (QED) is 0.410. The van der Waals surface area contributed by atoms with E-state index in [0.29, 0.717) is 46.9 Å². The van der Waals surface area contributed by atoms with Crippen molar-refractivity contribution in [3.63, 3.8) is 0 Å². The predicted octanol–water partition coefficient (Wildman–Crippen LogP) is 2.70. The lowest BCUT2D eigenvalue weighted by molar-refractivity contribution is -0.121. The molecule has 1 aliphatic rings. The summed E-state index contributed by atoms with van der Waals surface area (Å²) in [5, 5.41) is 3.26. The zero-order valence-corrected chi connectivity index (χ0v) is 21.0. The highest BCUT2D eigenvalue weighted by Gasteiger charge is 2.17. The van der Waals surface area contributed by atoms with Crippen LogP contribution in [0, 0.1) is 0 Å². The van der Waals surface area contributed by atoms with Gasteiger partial charge < -0.3 is 19.5 Å². The number of aromatic nitrogens is 2. The van der Waals surface area contributed by atoms with E-state index in [1.165, 1.54) is 4.57 Å². The number of hydrogen-bond donors (Lipinski definition) is 1. The Morgan fingerprint density at radius 2 is 1.97 bits per heavy atom. The first-order valence-corrected chi connectivity index (χ1v) is 12.5. The zero-order valence-electron chi connectivity index (χ0n) is 21.0. The molecule has 1 N–H and O–H groups in total. The molecule has 0 radical (unpaired) electrons. The van der Waals surface area contributed by atoms with Gasteiger partial charge in [0.05, 0.1) is 37.8 Å². The van der Waals surface area contributed by atoms with E-state index in [-0.39, 0.29) is 18.0 Å². The molecule has 1 amide bonds. The van der Waals surface area contributed by atoms with Crippen molar-refractivity contribution >= 4 is 16.8 Å². The fourth-order valence-corrected chi connectivity index (χ4v) is 4.19. The molecule has 0 saturated carbocycles. The smallest absolute Gasteiger partial charge is 0.262 e. The zero-order chi connectivity index (χ0) is 25.3. The van der Waals surface area contributed by atoms with Gasteiger partial charge >= 0.3 is 0 Å². The summed E-state index contributed by atoms with van der Waals surface area (Å²) in [5.74, 6) is 1.43. The van der Waals surface area contributed by atoms with E-state index in [1.54, 1.807) is 25.3 Å². The lowest BCUT2D eigenvalue weighted by Crippen LogP contribution is -2.37. The van der Waals surface area contributed by atoms with Crippen LogP contribution in [0.5, 0.6) is 11.5 Å². The number of hydrogen-bond acceptors (Lipinski definition) is 7. The van der Waals surface area contributed by atoms with Crippen molar-refractivity contribution in [1.29, 1.82) is 0 Å². The van der Waals surface area contributed by atoms with E-state index < -0.39 is 0 Å². The molecular formula is C27H34N4O5. The fraction of sp³-hybridized carbons (Fsp3) is 0.444. The molecule has 0 spiro atoms. The van der Waals surface area contributed by atoms with Gasteiger partial charge in [0.2, 0.25) is 5.91 Å². The largest absolute Gasteiger partial charge is 0.497 e. The number of benzene rings is 2. The van der Waals surface area contributed by atoms with Crippen LogP contribution in [0.25, 0.3) is 22.3 Å². The molecule has 1 fully saturated rings. The molecule has 1 aromatic heterocycles. The second kappa shape index (κ2) is 12.5. The highest BCUT2D eigenvalue weighted by molar-refractivity contribution is 5.83. The molecule has 2 heterocycles. The molecule has 9 heteroatoms. The van der Waals surface area contributed by atoms with Crippen LogP contribution in [-0.4, -0.2) is 73.5 Å². The summed E-state index contributed by atoms with van der Waals surface area (Å²) in [7, 11) is 1.58. The first kappa shape index (κ1) is 25.7. The molecule has 0 aliphatic carbocycles. The fourth-order valence-electron chi connectivity index (χ4n) is 4.19. The third-order valence-corrected chi connectivity index (χ3v) is 6.12. The summed E-state index contributed by atoms with van der Waals surface area (Å²) in [6.07, 6.45) is 1.69. The third-order valence-electron chi connectivity index (χ3n) is 6.12. The highest BCUT2D eigenvalue weighted by Crippen LogP contribution is 2.25. The Kier molecular flexibility index (Phi) is 8.91. The summed E-state index contributed by atoms with van der Waals surface area (Å²) in [6.45, 7) is 7.34. The first-order valence-electron chi connectivity index (χ1n) is 12.5. The van der Waals surface area contributed by atoms with E-state index in [1.807, 2.05) is 31.2 Å². The van der Waals surface area contributed by atoms with Crippen LogP contribution in [0.1, 0.15) is 19.8 Å². The van der Waals surface area contributed by atoms with Crippen LogP contribution < -0.4 is 20.3 Å². The number of morpholine rings is 1. The van der Waals surface area contributed by atoms with Crippen molar-refractivity contribution in [1.82, 2.24) is 19.8 Å². The second-order valence-corrected chi connectivity index (χ2v) is 8.74. The van der Waals surface area contributed by atoms with Crippen molar-refractivity contribution in [3.05, 3.63) is 52.8 Å². The van der Waals surface area contributed by atoms with Crippen molar-refractivity contribution in [3.8, 4) is 22.9 Å². The number of fused-ring (bicyclic) bond motifs is 1. The molecule has 1 aliphatic heterocycles. The molecule has 0 atom stereocenters. The number of carbonyl (C=O) groups is 1. The van der Waals surface area contributed by atoms with Gasteiger partial charge in [-0.15, -0.1) is 0 Å². The summed E-state index contributed by atoms with van der Waals surface area (Å²) >= 11 is 0. The van der Waals surface area contributed by atoms with Gasteiger partial charge in [0.1, 0.15) is 23.9 Å². The first-order chi connectivity index (χ1) is 17.6. The minimum Gasteiger partial charge on any atom is -0.497 e. The average molecular weight is 495 g/mol. The molecule has 2 aromatic carbocycles. The predicted molar refractivity (Wildman–Crippen MR) is 139 cm³/mol. The number of nitrogens with one attached hydrogen (secondary N) is 1. The lowest BCUT2D eigenvalue weighted by Gasteiger charge is -2.26. The van der Waals surface area contributed by atoms with Crippen LogP contribution >= 0.6 is 0 Å². The number of amides is 1. The van der Waals surface area contributed by atoms with E-state index in [2.05, 4.69) is 10.2 Å². The second-order valence-electron chi connectivity index (χ2n) is 8.74. The van der Waals surface area contributed by atoms with Gasteiger partial charge in [-0.05, 0) is 43.2 Å². The highest BCUT2D eigenvalue weighted by atomic mass is 16.5. The Labute approximate surface area is 211 Å². The Balaban J connectivity index is 1.60. The van der Waals surface area contributed by atoms with Gasteiger partial charge in [0.25, 0.3) is 5.56 Å². The van der Waals surface area contributed by atoms with E-state index >= 15 is 0 Å². The molecule has 0 bridgehead atoms. The van der Waals surface area contributed by atoms with Crippen LogP contribution in [0.15, 0.2) is 47.3 Å². The maximum absolute atomic E-state index is 13.6. The topological polar surface area (TPSA) is 94.9 Å². The van der Waals surface area contributed by atoms with Gasteiger partial charge in [-0.2, -0.15) is 0 Å². The summed E-state index contributed by atoms with van der Waals surface area (Å²) in [4.78, 5) is 33.3. The third kappa shape index (κ3) is 6.41. The van der Waals surface area contributed by atoms with E-state index in [9.17, 15) is 9.59 Å². The van der Waals surface area contributed by atoms with Crippen molar-refractivity contribution in [2.24, 2.45) is 0 Å². The SMILES string of the molecule is CCCNC(=O)Cn1c(-c2cccc(OC)c2)nc2ccc(OCCCN3CCOCC3)cc2c1=O. The van der Waals surface area contributed by atoms with Gasteiger partial charge in [-0.25, -0.2) is 4.98 Å². The van der Waals surface area contributed by atoms with Gasteiger partial charge in [-0.3, -0.25) is 19.1 Å². The van der Waals surface area contributed by atoms with Crippen LogP contribution in [0.3, 0.4) is 0 Å². The molecule has 9 nitrogen and oxygen atoms in total. The molecular weight excluding hydrogens is 460 g/mol. The Hall–Kier alpha value is -3.43. The van der Waals surface area contributed by atoms with Crippen LogP contribution in [0.4, 0.5) is 0 Å². The Morgan fingerprint density at radius 1 is 1.14 bits per heavy atom. The van der Waals surface area contributed by atoms with Gasteiger partial charge in [-0.1, -0.05) is 19.1 Å². The monoisotopic (exact) mass is 494 g/mol. The van der Waals surface area contributed by atoms with Gasteiger partial charge in [0.15, 0.2) is 0 Å². The van der Waals surface area contributed by atoms with Gasteiger partial charge in [0, 0.05) is 31.7 Å². The minimum atomic E-state index is -0.289. The molecule has 0 unspecified atom stereocenters. The Morgan fingerprint density at radius 3 is 2.75 bits per heavy atom. The van der Waals surface area contributed by atoms with E-state index in [4.69, 9.17) is 19.2 Å². The molecule has 3 aromatic rings. The number of rotatable bonds is 11. The van der Waals surface area contributed by atoms with Crippen molar-refractivity contribution < 1.29 is 19.0 Å². The molecule has 4 rings (SSSR count). The van der Waals surface area contributed by atoms with Crippen molar-refractivity contribution in [2.45, 2.75) is 26.3 Å². The molecule has 192 valence electrons. The molecule has 1 saturated heterocycles. The number of carbonyl (C=O) groups excluding carboxylic acids is 1. The molecule has 36 heavy (non-hydrogen) atoms. The lowest BCUT2D eigenvalue weighted by atomic mass is 10.1. The minimum absolute atomic E-state index is 0.126. The number of nitrogens with zero attached hydrogens (tertiary/aromatic N) is 3. The Bertz CT molecular complexity index is 1240. The normalized spacial score (nSPS) is 14.1. The van der Waals surface area contributed by atoms with Crippen LogP contribution in [0.2, 0.25) is 0 Å². The maximum Gasteiger partial charge on any atom is 0.262 e. The standard InChI is InChI=1S/C27H34N4O5/c1-3-10-28-25(32)19-31-26(20-6-4-7-21(17-20)34-2)29-24-9-8-22(18-23(24)27(31)33)36-14-5-11-30-12-15-35-16-13-30/h4,6-9,17-18H,3,5,10-16,19H2,1-2H3,(H,28,32). The summed E-state index contributed by atoms with van der Waals surface area (Å²) in [5.41, 5.74) is 0.951. The number of ether oxygens (including phenoxy) is 3. The summed E-state index contributed by atoms with van der Waals surface area (Å²) in [6, 6.07) is 12.7. The van der Waals surface area contributed by atoms with Crippen molar-refractivity contribution in [2.75, 3.05) is 53.1 Å². The maximum atomic E-state index is 13.6. The number of methoxy groups -OCH3 is 1.